The van der Waals surface area contributed by atoms with Gasteiger partial charge in [-0.15, -0.1) is 0 Å². The second kappa shape index (κ2) is 9.11. The maximum Gasteiger partial charge on any atom is 0.229 e. The monoisotopic (exact) mass is 404 g/mol. The van der Waals surface area contributed by atoms with E-state index < -0.39 is 37.3 Å². The molecule has 1 aliphatic rings. The van der Waals surface area contributed by atoms with E-state index in [4.69, 9.17) is 14.2 Å². The molecule has 1 aliphatic heterocycles. The zero-order valence-corrected chi connectivity index (χ0v) is 16.8. The summed E-state index contributed by atoms with van der Waals surface area (Å²) < 4.78 is 16.7. The van der Waals surface area contributed by atoms with Crippen molar-refractivity contribution < 1.29 is 34.6 Å². The van der Waals surface area contributed by atoms with Crippen LogP contribution in [0, 0.1) is 13.8 Å². The van der Waals surface area contributed by atoms with Crippen molar-refractivity contribution in [2.45, 2.75) is 51.0 Å². The van der Waals surface area contributed by atoms with E-state index in [1.807, 2.05) is 50.2 Å². The summed E-state index contributed by atoms with van der Waals surface area (Å²) >= 11 is 0. The molecule has 7 heteroatoms. The third-order valence-electron chi connectivity index (χ3n) is 5.21. The Bertz CT molecular complexity index is 819. The van der Waals surface area contributed by atoms with Crippen LogP contribution in [0.3, 0.4) is 0 Å². The zero-order chi connectivity index (χ0) is 21.1. The Hall–Kier alpha value is -2.16. The molecule has 1 saturated heterocycles. The molecule has 0 amide bonds. The first-order valence-electron chi connectivity index (χ1n) is 9.54. The van der Waals surface area contributed by atoms with Gasteiger partial charge in [-0.25, -0.2) is 0 Å². The second-order valence-corrected chi connectivity index (χ2v) is 7.40. The highest BCUT2D eigenvalue weighted by Crippen LogP contribution is 2.31. The molecule has 1 heterocycles. The van der Waals surface area contributed by atoms with Crippen molar-refractivity contribution in [1.29, 1.82) is 0 Å². The highest BCUT2D eigenvalue weighted by Gasteiger charge is 2.44. The minimum absolute atomic E-state index is 0.504. The maximum atomic E-state index is 10.3. The standard InChI is InChI=1S/C22H28O7/c1-12-8-13(2)16(10-14-4-6-15(27-3)7-5-14)17(9-12)28-22-21(26)20(25)19(24)18(11-23)29-22/h4-9,18-26H,10-11H2,1-3H3/t18-,19-,20+,21-,22+/m1/s1. The van der Waals surface area contributed by atoms with E-state index in [1.165, 1.54) is 0 Å². The van der Waals surface area contributed by atoms with Crippen LogP contribution in [0.2, 0.25) is 0 Å². The molecule has 0 aromatic heterocycles. The van der Waals surface area contributed by atoms with Crippen LogP contribution < -0.4 is 9.47 Å². The van der Waals surface area contributed by atoms with Gasteiger partial charge in [-0.2, -0.15) is 0 Å². The fourth-order valence-electron chi connectivity index (χ4n) is 3.53. The number of aliphatic hydroxyl groups excluding tert-OH is 4. The lowest BCUT2D eigenvalue weighted by atomic mass is 9.97. The van der Waals surface area contributed by atoms with Gasteiger partial charge >= 0.3 is 0 Å². The van der Waals surface area contributed by atoms with E-state index in [2.05, 4.69) is 0 Å². The molecule has 0 aliphatic carbocycles. The van der Waals surface area contributed by atoms with Crippen LogP contribution >= 0.6 is 0 Å². The largest absolute Gasteiger partial charge is 0.497 e. The van der Waals surface area contributed by atoms with Crippen molar-refractivity contribution in [2.75, 3.05) is 13.7 Å². The summed E-state index contributed by atoms with van der Waals surface area (Å²) in [6.45, 7) is 3.41. The topological polar surface area (TPSA) is 109 Å². The molecule has 1 fully saturated rings. The van der Waals surface area contributed by atoms with E-state index >= 15 is 0 Å². The van der Waals surface area contributed by atoms with Crippen LogP contribution in [-0.4, -0.2) is 64.8 Å². The van der Waals surface area contributed by atoms with Crippen LogP contribution in [-0.2, 0) is 11.2 Å². The second-order valence-electron chi connectivity index (χ2n) is 7.40. The Balaban J connectivity index is 1.88. The van der Waals surface area contributed by atoms with Crippen molar-refractivity contribution in [3.63, 3.8) is 0 Å². The van der Waals surface area contributed by atoms with Gasteiger partial charge < -0.3 is 34.6 Å². The molecule has 29 heavy (non-hydrogen) atoms. The molecule has 2 aromatic rings. The van der Waals surface area contributed by atoms with Gasteiger partial charge in [0.05, 0.1) is 13.7 Å². The van der Waals surface area contributed by atoms with Gasteiger partial charge in [0.1, 0.15) is 35.9 Å². The number of aryl methyl sites for hydroxylation is 2. The molecule has 3 rings (SSSR count). The summed E-state index contributed by atoms with van der Waals surface area (Å²) in [5, 5.41) is 39.7. The Kier molecular flexibility index (Phi) is 6.77. The van der Waals surface area contributed by atoms with Crippen LogP contribution in [0.4, 0.5) is 0 Å². The summed E-state index contributed by atoms with van der Waals surface area (Å²) in [4.78, 5) is 0. The van der Waals surface area contributed by atoms with Crippen molar-refractivity contribution in [3.8, 4) is 11.5 Å². The number of ether oxygens (including phenoxy) is 3. The minimum Gasteiger partial charge on any atom is -0.497 e. The fraction of sp³-hybridized carbons (Fsp3) is 0.455. The van der Waals surface area contributed by atoms with Crippen molar-refractivity contribution in [2.24, 2.45) is 0 Å². The van der Waals surface area contributed by atoms with Gasteiger partial charge in [-0.3, -0.25) is 0 Å². The van der Waals surface area contributed by atoms with Crippen molar-refractivity contribution in [3.05, 3.63) is 58.7 Å². The van der Waals surface area contributed by atoms with Crippen LogP contribution in [0.1, 0.15) is 22.3 Å². The summed E-state index contributed by atoms with van der Waals surface area (Å²) in [6, 6.07) is 11.6. The average molecular weight is 404 g/mol. The van der Waals surface area contributed by atoms with Gasteiger partial charge in [-0.05, 0) is 48.7 Å². The first kappa shape index (κ1) is 21.5. The van der Waals surface area contributed by atoms with Crippen LogP contribution in [0.15, 0.2) is 36.4 Å². The average Bonchev–Trinajstić information content (AvgIpc) is 2.71. The molecule has 0 unspecified atom stereocenters. The van der Waals surface area contributed by atoms with Crippen molar-refractivity contribution in [1.82, 2.24) is 0 Å². The number of aliphatic hydroxyl groups is 4. The summed E-state index contributed by atoms with van der Waals surface area (Å²) in [7, 11) is 1.62. The number of methoxy groups -OCH3 is 1. The predicted molar refractivity (Wildman–Crippen MR) is 106 cm³/mol. The van der Waals surface area contributed by atoms with E-state index in [-0.39, 0.29) is 0 Å². The van der Waals surface area contributed by atoms with Crippen molar-refractivity contribution >= 4 is 0 Å². The van der Waals surface area contributed by atoms with E-state index in [0.29, 0.717) is 12.2 Å². The Morgan fingerprint density at radius 1 is 0.966 bits per heavy atom. The molecule has 0 spiro atoms. The highest BCUT2D eigenvalue weighted by molar-refractivity contribution is 5.46. The van der Waals surface area contributed by atoms with Gasteiger partial charge in [-0.1, -0.05) is 18.2 Å². The third kappa shape index (κ3) is 4.71. The molecule has 4 N–H and O–H groups in total. The number of rotatable bonds is 6. The Morgan fingerprint density at radius 3 is 2.28 bits per heavy atom. The summed E-state index contributed by atoms with van der Waals surface area (Å²) in [6.07, 6.45) is -6.02. The van der Waals surface area contributed by atoms with E-state index in [1.54, 1.807) is 7.11 Å². The van der Waals surface area contributed by atoms with Gasteiger partial charge in [0.25, 0.3) is 0 Å². The summed E-state index contributed by atoms with van der Waals surface area (Å²) in [5.74, 6) is 1.29. The molecule has 0 bridgehead atoms. The minimum atomic E-state index is -1.48. The molecule has 0 saturated carbocycles. The Morgan fingerprint density at radius 2 is 1.66 bits per heavy atom. The van der Waals surface area contributed by atoms with E-state index in [9.17, 15) is 20.4 Å². The lowest BCUT2D eigenvalue weighted by Crippen LogP contribution is -2.60. The highest BCUT2D eigenvalue weighted by atomic mass is 16.7. The van der Waals surface area contributed by atoms with E-state index in [0.717, 1.165) is 28.0 Å². The zero-order valence-electron chi connectivity index (χ0n) is 16.8. The molecule has 158 valence electrons. The number of benzene rings is 2. The predicted octanol–water partition coefficient (Wildman–Crippen LogP) is 1.08. The molecule has 7 nitrogen and oxygen atoms in total. The number of hydrogen-bond donors (Lipinski definition) is 4. The Labute approximate surface area is 170 Å². The molecule has 2 aromatic carbocycles. The SMILES string of the molecule is COc1ccc(Cc2c(C)cc(C)cc2O[C@H]2O[C@H](CO)[C@@H](O)[C@H](O)[C@H]2O)cc1. The number of hydrogen-bond acceptors (Lipinski definition) is 7. The molecule has 5 atom stereocenters. The van der Waals surface area contributed by atoms with Gasteiger partial charge in [0.2, 0.25) is 6.29 Å². The third-order valence-corrected chi connectivity index (χ3v) is 5.21. The summed E-state index contributed by atoms with van der Waals surface area (Å²) in [5.41, 5.74) is 3.95. The smallest absolute Gasteiger partial charge is 0.229 e. The fourth-order valence-corrected chi connectivity index (χ4v) is 3.53. The normalized spacial score (nSPS) is 26.9. The lowest BCUT2D eigenvalue weighted by molar-refractivity contribution is -0.277. The molecular weight excluding hydrogens is 376 g/mol. The molecular formula is C22H28O7. The first-order valence-corrected chi connectivity index (χ1v) is 9.54. The van der Waals surface area contributed by atoms with Crippen LogP contribution in [0.25, 0.3) is 0 Å². The molecule has 0 radical (unpaired) electrons. The van der Waals surface area contributed by atoms with Crippen LogP contribution in [0.5, 0.6) is 11.5 Å². The quantitative estimate of drug-likeness (QED) is 0.571. The van der Waals surface area contributed by atoms with Gasteiger partial charge in [0, 0.05) is 12.0 Å². The van der Waals surface area contributed by atoms with Gasteiger partial charge in [0.15, 0.2) is 0 Å². The lowest BCUT2D eigenvalue weighted by Gasteiger charge is -2.39. The first-order chi connectivity index (χ1) is 13.8. The maximum absolute atomic E-state index is 10.3.